The van der Waals surface area contributed by atoms with E-state index in [9.17, 15) is 0 Å². The number of ether oxygens (including phenoxy) is 2. The van der Waals surface area contributed by atoms with E-state index in [4.69, 9.17) is 14.7 Å². The van der Waals surface area contributed by atoms with E-state index in [1.165, 1.54) is 5.56 Å². The lowest BCUT2D eigenvalue weighted by Crippen LogP contribution is -2.25. The summed E-state index contributed by atoms with van der Waals surface area (Å²) in [6, 6.07) is 9.64. The van der Waals surface area contributed by atoms with Crippen LogP contribution in [0.1, 0.15) is 12.5 Å². The van der Waals surface area contributed by atoms with Gasteiger partial charge in [0.15, 0.2) is 6.61 Å². The first-order valence-corrected chi connectivity index (χ1v) is 5.58. The number of rotatable bonds is 7. The van der Waals surface area contributed by atoms with Crippen molar-refractivity contribution in [3.63, 3.8) is 0 Å². The number of hydrogen-bond donors (Lipinski definition) is 1. The Morgan fingerprint density at radius 3 is 2.65 bits per heavy atom. The predicted molar refractivity (Wildman–Crippen MR) is 65.7 cm³/mol. The molecule has 1 aromatic carbocycles. The molecule has 4 nitrogen and oxygen atoms in total. The smallest absolute Gasteiger partial charge is 0.174 e. The molecular weight excluding hydrogens is 216 g/mol. The summed E-state index contributed by atoms with van der Waals surface area (Å²) in [7, 11) is 1.70. The Kier molecular flexibility index (Phi) is 6.08. The van der Waals surface area contributed by atoms with E-state index in [0.29, 0.717) is 0 Å². The minimum Gasteiger partial charge on any atom is -0.479 e. The predicted octanol–water partition coefficient (Wildman–Crippen LogP) is 1.71. The van der Waals surface area contributed by atoms with Crippen LogP contribution in [0.25, 0.3) is 0 Å². The Bertz CT molecular complexity index is 357. The zero-order valence-electron chi connectivity index (χ0n) is 10.3. The van der Waals surface area contributed by atoms with Crippen LogP contribution in [-0.2, 0) is 11.3 Å². The number of nitriles is 1. The molecule has 0 heterocycles. The summed E-state index contributed by atoms with van der Waals surface area (Å²) in [5.41, 5.74) is 1.18. The first-order chi connectivity index (χ1) is 8.26. The zero-order chi connectivity index (χ0) is 12.5. The van der Waals surface area contributed by atoms with Crippen LogP contribution in [-0.4, -0.2) is 26.4 Å². The van der Waals surface area contributed by atoms with Gasteiger partial charge in [0, 0.05) is 20.2 Å². The molecule has 4 heteroatoms. The van der Waals surface area contributed by atoms with Gasteiger partial charge in [-0.2, -0.15) is 5.26 Å². The average Bonchev–Trinajstić information content (AvgIpc) is 2.37. The molecule has 0 fully saturated rings. The summed E-state index contributed by atoms with van der Waals surface area (Å²) in [5.74, 6) is 0.723. The van der Waals surface area contributed by atoms with Gasteiger partial charge in [-0.25, -0.2) is 0 Å². The van der Waals surface area contributed by atoms with E-state index in [1.807, 2.05) is 37.3 Å². The molecule has 17 heavy (non-hydrogen) atoms. The van der Waals surface area contributed by atoms with Crippen LogP contribution in [0, 0.1) is 11.3 Å². The van der Waals surface area contributed by atoms with Gasteiger partial charge in [0.25, 0.3) is 0 Å². The van der Waals surface area contributed by atoms with Crippen LogP contribution in [0.4, 0.5) is 0 Å². The number of nitrogens with zero attached hydrogens (tertiary/aromatic N) is 1. The Hall–Kier alpha value is -1.57. The summed E-state index contributed by atoms with van der Waals surface area (Å²) in [6.45, 7) is 3.73. The highest BCUT2D eigenvalue weighted by atomic mass is 16.5. The first kappa shape index (κ1) is 13.5. The largest absolute Gasteiger partial charge is 0.479 e. The van der Waals surface area contributed by atoms with Crippen molar-refractivity contribution in [3.8, 4) is 11.8 Å². The zero-order valence-corrected chi connectivity index (χ0v) is 10.3. The van der Waals surface area contributed by atoms with E-state index >= 15 is 0 Å². The average molecular weight is 234 g/mol. The summed E-state index contributed by atoms with van der Waals surface area (Å²) in [4.78, 5) is 0. The molecule has 1 aromatic rings. The van der Waals surface area contributed by atoms with E-state index in [0.717, 1.165) is 18.8 Å². The van der Waals surface area contributed by atoms with Gasteiger partial charge in [-0.15, -0.1) is 0 Å². The lowest BCUT2D eigenvalue weighted by molar-refractivity contribution is 0.117. The van der Waals surface area contributed by atoms with Crippen molar-refractivity contribution in [2.24, 2.45) is 0 Å². The molecule has 0 aliphatic carbocycles. The standard InChI is InChI=1S/C13H18N2O2/c1-11(16-2)9-15-10-12-3-5-13(6-4-12)17-8-7-14/h3-6,11,15H,8-10H2,1-2H3. The van der Waals surface area contributed by atoms with Crippen molar-refractivity contribution in [3.05, 3.63) is 29.8 Å². The van der Waals surface area contributed by atoms with Crippen LogP contribution in [0.15, 0.2) is 24.3 Å². The highest BCUT2D eigenvalue weighted by molar-refractivity contribution is 5.27. The van der Waals surface area contributed by atoms with Crippen molar-refractivity contribution >= 4 is 0 Å². The maximum absolute atomic E-state index is 8.38. The van der Waals surface area contributed by atoms with Gasteiger partial charge in [-0.1, -0.05) is 12.1 Å². The Morgan fingerprint density at radius 2 is 2.06 bits per heavy atom. The highest BCUT2D eigenvalue weighted by Crippen LogP contribution is 2.11. The van der Waals surface area contributed by atoms with Gasteiger partial charge in [-0.05, 0) is 24.6 Å². The van der Waals surface area contributed by atoms with Gasteiger partial charge in [0.05, 0.1) is 6.10 Å². The Morgan fingerprint density at radius 1 is 1.35 bits per heavy atom. The molecule has 1 unspecified atom stereocenters. The first-order valence-electron chi connectivity index (χ1n) is 5.58. The van der Waals surface area contributed by atoms with Crippen LogP contribution in [0.3, 0.4) is 0 Å². The lowest BCUT2D eigenvalue weighted by Gasteiger charge is -2.10. The molecule has 0 radical (unpaired) electrons. The molecule has 0 aromatic heterocycles. The molecule has 0 bridgehead atoms. The van der Waals surface area contributed by atoms with Gasteiger partial charge in [-0.3, -0.25) is 0 Å². The molecule has 0 saturated carbocycles. The summed E-state index contributed by atoms with van der Waals surface area (Å²) in [6.07, 6.45) is 0.216. The highest BCUT2D eigenvalue weighted by Gasteiger charge is 1.99. The molecule has 0 saturated heterocycles. The second-order valence-electron chi connectivity index (χ2n) is 3.77. The van der Waals surface area contributed by atoms with Crippen molar-refractivity contribution in [1.29, 1.82) is 5.26 Å². The van der Waals surface area contributed by atoms with Gasteiger partial charge in [0.2, 0.25) is 0 Å². The second kappa shape index (κ2) is 7.66. The maximum atomic E-state index is 8.38. The summed E-state index contributed by atoms with van der Waals surface area (Å²) < 4.78 is 10.3. The fraction of sp³-hybridized carbons (Fsp3) is 0.462. The van der Waals surface area contributed by atoms with Crippen molar-refractivity contribution in [2.75, 3.05) is 20.3 Å². The molecule has 0 aliphatic rings. The molecule has 92 valence electrons. The second-order valence-corrected chi connectivity index (χ2v) is 3.77. The molecular formula is C13H18N2O2. The van der Waals surface area contributed by atoms with Gasteiger partial charge in [0.1, 0.15) is 11.8 Å². The molecule has 0 aliphatic heterocycles. The van der Waals surface area contributed by atoms with Crippen LogP contribution in [0.5, 0.6) is 5.75 Å². The third-order valence-electron chi connectivity index (χ3n) is 2.39. The Balaban J connectivity index is 2.33. The van der Waals surface area contributed by atoms with Crippen molar-refractivity contribution in [1.82, 2.24) is 5.32 Å². The van der Waals surface area contributed by atoms with Crippen LogP contribution >= 0.6 is 0 Å². The quantitative estimate of drug-likeness (QED) is 0.780. The number of hydrogen-bond acceptors (Lipinski definition) is 4. The van der Waals surface area contributed by atoms with Gasteiger partial charge < -0.3 is 14.8 Å². The minimum atomic E-state index is 0.0863. The third kappa shape index (κ3) is 5.34. The van der Waals surface area contributed by atoms with Crippen molar-refractivity contribution < 1.29 is 9.47 Å². The lowest BCUT2D eigenvalue weighted by atomic mass is 10.2. The summed E-state index contributed by atoms with van der Waals surface area (Å²) in [5, 5.41) is 11.7. The van der Waals surface area contributed by atoms with E-state index in [1.54, 1.807) is 7.11 Å². The normalized spacial score (nSPS) is 11.8. The Labute approximate surface area is 102 Å². The molecule has 0 amide bonds. The fourth-order valence-corrected chi connectivity index (χ4v) is 1.32. The van der Waals surface area contributed by atoms with Crippen LogP contribution < -0.4 is 10.1 Å². The summed E-state index contributed by atoms with van der Waals surface area (Å²) >= 11 is 0. The molecule has 1 N–H and O–H groups in total. The van der Waals surface area contributed by atoms with Gasteiger partial charge >= 0.3 is 0 Å². The monoisotopic (exact) mass is 234 g/mol. The third-order valence-corrected chi connectivity index (χ3v) is 2.39. The topological polar surface area (TPSA) is 54.3 Å². The maximum Gasteiger partial charge on any atom is 0.174 e. The number of methoxy groups -OCH3 is 1. The SMILES string of the molecule is COC(C)CNCc1ccc(OCC#N)cc1. The van der Waals surface area contributed by atoms with E-state index < -0.39 is 0 Å². The molecule has 1 atom stereocenters. The van der Waals surface area contributed by atoms with Crippen molar-refractivity contribution in [2.45, 2.75) is 19.6 Å². The minimum absolute atomic E-state index is 0.0863. The van der Waals surface area contributed by atoms with Crippen LogP contribution in [0.2, 0.25) is 0 Å². The van der Waals surface area contributed by atoms with E-state index in [-0.39, 0.29) is 12.7 Å². The molecule has 0 spiro atoms. The number of benzene rings is 1. The number of nitrogens with one attached hydrogen (secondary N) is 1. The fourth-order valence-electron chi connectivity index (χ4n) is 1.32. The van der Waals surface area contributed by atoms with E-state index in [2.05, 4.69) is 5.32 Å². The molecule has 1 rings (SSSR count).